The number of hydrogen-bond donors (Lipinski definition) is 3. The molecule has 0 saturated carbocycles. The van der Waals surface area contributed by atoms with Gasteiger partial charge in [-0.25, -0.2) is 4.98 Å². The highest BCUT2D eigenvalue weighted by atomic mass is 32.1. The van der Waals surface area contributed by atoms with Crippen molar-refractivity contribution >= 4 is 22.9 Å². The Morgan fingerprint density at radius 2 is 2.20 bits per heavy atom. The molecule has 0 bridgehead atoms. The van der Waals surface area contributed by atoms with E-state index >= 15 is 0 Å². The number of aliphatic hydroxyl groups excluding tert-OH is 2. The summed E-state index contributed by atoms with van der Waals surface area (Å²) in [5.74, 6) is 0.878. The molecule has 0 aliphatic carbocycles. The highest BCUT2D eigenvalue weighted by Crippen LogP contribution is 2.36. The van der Waals surface area contributed by atoms with Gasteiger partial charge in [0.15, 0.2) is 11.5 Å². The quantitative estimate of drug-likeness (QED) is 0.750. The van der Waals surface area contributed by atoms with Crippen LogP contribution in [0.3, 0.4) is 0 Å². The number of fused-ring (bicyclic) bond motifs is 1. The molecule has 0 spiro atoms. The van der Waals surface area contributed by atoms with E-state index in [0.717, 1.165) is 0 Å². The summed E-state index contributed by atoms with van der Waals surface area (Å²) < 4.78 is 16.1. The van der Waals surface area contributed by atoms with Gasteiger partial charge in [0, 0.05) is 23.6 Å². The Hall–Kier alpha value is -2.20. The summed E-state index contributed by atoms with van der Waals surface area (Å²) in [5, 5.41) is 23.9. The van der Waals surface area contributed by atoms with Gasteiger partial charge in [0.25, 0.3) is 5.91 Å². The van der Waals surface area contributed by atoms with Gasteiger partial charge in [-0.1, -0.05) is 0 Å². The lowest BCUT2D eigenvalue weighted by Crippen LogP contribution is -2.24. The summed E-state index contributed by atoms with van der Waals surface area (Å²) in [6.45, 7) is -0.0786. The van der Waals surface area contributed by atoms with Crippen LogP contribution in [-0.4, -0.2) is 46.7 Å². The van der Waals surface area contributed by atoms with E-state index in [0.29, 0.717) is 28.6 Å². The van der Waals surface area contributed by atoms with Crippen molar-refractivity contribution in [3.63, 3.8) is 0 Å². The summed E-state index contributed by atoms with van der Waals surface area (Å²) in [4.78, 5) is 16.7. The van der Waals surface area contributed by atoms with Crippen LogP contribution in [0.25, 0.3) is 0 Å². The van der Waals surface area contributed by atoms with E-state index in [-0.39, 0.29) is 25.0 Å². The van der Waals surface area contributed by atoms with Gasteiger partial charge in [-0.05, 0) is 12.1 Å². The Labute approximate surface area is 147 Å². The molecule has 25 heavy (non-hydrogen) atoms. The van der Waals surface area contributed by atoms with Gasteiger partial charge in [0.1, 0.15) is 22.9 Å². The van der Waals surface area contributed by atoms with Crippen molar-refractivity contribution in [3.05, 3.63) is 34.3 Å². The third kappa shape index (κ3) is 3.19. The first-order chi connectivity index (χ1) is 12.1. The second kappa shape index (κ2) is 6.60. The van der Waals surface area contributed by atoms with Crippen molar-refractivity contribution in [2.75, 3.05) is 18.7 Å². The monoisotopic (exact) mass is 364 g/mol. The van der Waals surface area contributed by atoms with E-state index in [9.17, 15) is 9.90 Å². The lowest BCUT2D eigenvalue weighted by Gasteiger charge is -2.09. The number of rotatable bonds is 4. The smallest absolute Gasteiger partial charge is 0.275 e. The van der Waals surface area contributed by atoms with Crippen molar-refractivity contribution < 1.29 is 29.2 Å². The fourth-order valence-corrected chi connectivity index (χ4v) is 3.61. The summed E-state index contributed by atoms with van der Waals surface area (Å²) in [6.07, 6.45) is -1.41. The van der Waals surface area contributed by atoms with E-state index in [2.05, 4.69) is 10.3 Å². The number of carbonyl (C=O) groups excluding carboxylic acids is 1. The topological polar surface area (TPSA) is 110 Å². The van der Waals surface area contributed by atoms with E-state index in [4.69, 9.17) is 19.3 Å². The second-order valence-electron chi connectivity index (χ2n) is 5.74. The number of benzene rings is 1. The van der Waals surface area contributed by atoms with Crippen molar-refractivity contribution in [1.29, 1.82) is 0 Å². The minimum absolute atomic E-state index is 0.171. The molecule has 1 saturated heterocycles. The first-order valence-corrected chi connectivity index (χ1v) is 8.63. The second-order valence-corrected chi connectivity index (χ2v) is 6.63. The lowest BCUT2D eigenvalue weighted by atomic mass is 10.1. The minimum atomic E-state index is -0.732. The molecule has 4 rings (SSSR count). The number of anilines is 1. The summed E-state index contributed by atoms with van der Waals surface area (Å²) in [5.41, 5.74) is 0.847. The van der Waals surface area contributed by atoms with Crippen molar-refractivity contribution in [3.8, 4) is 11.5 Å². The molecule has 132 valence electrons. The number of nitrogens with one attached hydrogen (secondary N) is 1. The van der Waals surface area contributed by atoms with Crippen LogP contribution in [0.15, 0.2) is 23.6 Å². The third-order valence-electron chi connectivity index (χ3n) is 4.06. The SMILES string of the molecule is O=C(Nc1ccc2c(c1)OCO2)c1csc([C@@H]2C[C@H](O)[C@@H](CO)O2)n1. The van der Waals surface area contributed by atoms with E-state index in [1.165, 1.54) is 11.3 Å². The van der Waals surface area contributed by atoms with Crippen LogP contribution in [0.5, 0.6) is 11.5 Å². The summed E-state index contributed by atoms with van der Waals surface area (Å²) in [6, 6.07) is 5.14. The minimum Gasteiger partial charge on any atom is -0.454 e. The first-order valence-electron chi connectivity index (χ1n) is 7.75. The number of carbonyl (C=O) groups is 1. The van der Waals surface area contributed by atoms with Crippen molar-refractivity contribution in [2.45, 2.75) is 24.7 Å². The number of hydrogen-bond acceptors (Lipinski definition) is 8. The molecule has 2 aromatic rings. The maximum absolute atomic E-state index is 12.4. The van der Waals surface area contributed by atoms with Crippen LogP contribution in [0, 0.1) is 0 Å². The molecule has 9 heteroatoms. The zero-order valence-corrected chi connectivity index (χ0v) is 13.9. The fraction of sp³-hybridized carbons (Fsp3) is 0.375. The predicted octanol–water partition coefficient (Wildman–Crippen LogP) is 1.31. The number of ether oxygens (including phenoxy) is 3. The van der Waals surface area contributed by atoms with Gasteiger partial charge in [-0.2, -0.15) is 0 Å². The van der Waals surface area contributed by atoms with Gasteiger partial charge in [-0.15, -0.1) is 11.3 Å². The molecule has 1 aromatic heterocycles. The van der Waals surface area contributed by atoms with Gasteiger partial charge >= 0.3 is 0 Å². The molecule has 2 aliphatic rings. The van der Waals surface area contributed by atoms with Gasteiger partial charge < -0.3 is 29.7 Å². The molecule has 1 amide bonds. The van der Waals surface area contributed by atoms with Crippen LogP contribution < -0.4 is 14.8 Å². The number of amides is 1. The highest BCUT2D eigenvalue weighted by molar-refractivity contribution is 7.09. The molecule has 3 atom stereocenters. The molecule has 3 N–H and O–H groups in total. The van der Waals surface area contributed by atoms with Gasteiger partial charge in [-0.3, -0.25) is 4.79 Å². The molecule has 3 heterocycles. The average molecular weight is 364 g/mol. The molecule has 0 unspecified atom stereocenters. The number of thiazole rings is 1. The lowest BCUT2D eigenvalue weighted by molar-refractivity contribution is -0.0226. The largest absolute Gasteiger partial charge is 0.454 e. The maximum Gasteiger partial charge on any atom is 0.275 e. The molecule has 1 fully saturated rings. The zero-order chi connectivity index (χ0) is 17.4. The highest BCUT2D eigenvalue weighted by Gasteiger charge is 2.36. The average Bonchev–Trinajstić information content (AvgIpc) is 3.33. The van der Waals surface area contributed by atoms with E-state index in [1.807, 2.05) is 0 Å². The van der Waals surface area contributed by atoms with Crippen LogP contribution in [0.1, 0.15) is 28.0 Å². The fourth-order valence-electron chi connectivity index (χ4n) is 2.76. The first kappa shape index (κ1) is 16.3. The Morgan fingerprint density at radius 3 is 3.00 bits per heavy atom. The molecule has 1 aromatic carbocycles. The molecular weight excluding hydrogens is 348 g/mol. The number of nitrogens with zero attached hydrogens (tertiary/aromatic N) is 1. The van der Waals surface area contributed by atoms with E-state index < -0.39 is 18.3 Å². The molecule has 0 radical (unpaired) electrons. The summed E-state index contributed by atoms with van der Waals surface area (Å²) >= 11 is 1.29. The Kier molecular flexibility index (Phi) is 4.30. The van der Waals surface area contributed by atoms with Gasteiger partial charge in [0.05, 0.1) is 12.7 Å². The Morgan fingerprint density at radius 1 is 1.36 bits per heavy atom. The van der Waals surface area contributed by atoms with Crippen LogP contribution in [0.4, 0.5) is 5.69 Å². The van der Waals surface area contributed by atoms with Crippen LogP contribution >= 0.6 is 11.3 Å². The zero-order valence-electron chi connectivity index (χ0n) is 13.0. The number of aromatic nitrogens is 1. The summed E-state index contributed by atoms with van der Waals surface area (Å²) in [7, 11) is 0. The molecular formula is C16H16N2O6S. The standard InChI is InChI=1S/C16H16N2O6S/c19-5-14-10(20)4-13(24-14)16-18-9(6-25-16)15(21)17-8-1-2-11-12(3-8)23-7-22-11/h1-3,6,10,13-14,19-20H,4-5,7H2,(H,17,21)/t10-,13-,14+/m0/s1. The van der Waals surface area contributed by atoms with E-state index in [1.54, 1.807) is 23.6 Å². The van der Waals surface area contributed by atoms with Gasteiger partial charge in [0.2, 0.25) is 6.79 Å². The van der Waals surface area contributed by atoms with Crippen molar-refractivity contribution in [2.24, 2.45) is 0 Å². The molecule has 2 aliphatic heterocycles. The normalized spacial score (nSPS) is 24.5. The van der Waals surface area contributed by atoms with Crippen LogP contribution in [-0.2, 0) is 4.74 Å². The Bertz CT molecular complexity index is 795. The number of aliphatic hydroxyl groups is 2. The molecule has 8 nitrogen and oxygen atoms in total. The maximum atomic E-state index is 12.4. The Balaban J connectivity index is 1.44. The predicted molar refractivity (Wildman–Crippen MR) is 88.0 cm³/mol. The van der Waals surface area contributed by atoms with Crippen LogP contribution in [0.2, 0.25) is 0 Å². The third-order valence-corrected chi connectivity index (χ3v) is 5.00. The van der Waals surface area contributed by atoms with Crippen molar-refractivity contribution in [1.82, 2.24) is 4.98 Å².